The van der Waals surface area contributed by atoms with Crippen molar-refractivity contribution in [3.8, 4) is 0 Å². The minimum absolute atomic E-state index is 0.245. The van der Waals surface area contributed by atoms with E-state index < -0.39 is 0 Å². The second kappa shape index (κ2) is 12.2. The molecule has 0 spiro atoms. The molecule has 0 aromatic heterocycles. The standard InChI is InChI=1S/C15H27N7/c1-4-5-6-13(12-22(3)8-7-16)10-20-15(9-17)21-14(18)11-19-2/h5-8,11-12H,2,4,9-10,16-18H2,1,3H3,(H,20,21)/b6-5-,8-7-,13-12+,14-11-. The molecule has 22 heavy (non-hydrogen) atoms. The van der Waals surface area contributed by atoms with E-state index in [0.717, 1.165) is 12.0 Å². The number of aliphatic imine (C=N–C) groups is 2. The molecule has 0 heterocycles. The third-order valence-corrected chi connectivity index (χ3v) is 2.42. The molecule has 0 saturated carbocycles. The smallest absolute Gasteiger partial charge is 0.120 e. The number of hydrogen-bond donors (Lipinski definition) is 4. The van der Waals surface area contributed by atoms with Gasteiger partial charge in [-0.15, -0.1) is 0 Å². The topological polar surface area (TPSA) is 118 Å². The number of rotatable bonds is 9. The van der Waals surface area contributed by atoms with E-state index in [4.69, 9.17) is 17.2 Å². The van der Waals surface area contributed by atoms with Crippen molar-refractivity contribution in [3.63, 3.8) is 0 Å². The highest BCUT2D eigenvalue weighted by Gasteiger charge is 1.99. The van der Waals surface area contributed by atoms with Gasteiger partial charge in [0, 0.05) is 25.6 Å². The van der Waals surface area contributed by atoms with Crippen molar-refractivity contribution in [1.82, 2.24) is 10.2 Å². The molecule has 122 valence electrons. The Hall–Kier alpha value is -2.54. The monoisotopic (exact) mass is 305 g/mol. The second-order valence-corrected chi connectivity index (χ2v) is 4.38. The van der Waals surface area contributed by atoms with Crippen LogP contribution in [0.1, 0.15) is 13.3 Å². The fourth-order valence-electron chi connectivity index (χ4n) is 1.49. The minimum Gasteiger partial charge on any atom is -0.403 e. The first-order valence-corrected chi connectivity index (χ1v) is 6.96. The number of hydrogen-bond acceptors (Lipinski definition) is 6. The van der Waals surface area contributed by atoms with Crippen LogP contribution < -0.4 is 22.5 Å². The Morgan fingerprint density at radius 3 is 2.68 bits per heavy atom. The zero-order valence-corrected chi connectivity index (χ0v) is 13.4. The highest BCUT2D eigenvalue weighted by Crippen LogP contribution is 2.02. The fourth-order valence-corrected chi connectivity index (χ4v) is 1.49. The van der Waals surface area contributed by atoms with Crippen molar-refractivity contribution in [1.29, 1.82) is 0 Å². The number of amidine groups is 1. The van der Waals surface area contributed by atoms with Gasteiger partial charge in [0.05, 0.1) is 19.3 Å². The van der Waals surface area contributed by atoms with Crippen molar-refractivity contribution < 1.29 is 0 Å². The molecule has 0 fully saturated rings. The molecular weight excluding hydrogens is 278 g/mol. The summed E-state index contributed by atoms with van der Waals surface area (Å²) in [6.45, 7) is 6.12. The second-order valence-electron chi connectivity index (χ2n) is 4.38. The summed E-state index contributed by atoms with van der Waals surface area (Å²) in [4.78, 5) is 9.86. The molecule has 0 aromatic carbocycles. The van der Waals surface area contributed by atoms with Crippen LogP contribution in [0.25, 0.3) is 0 Å². The first-order chi connectivity index (χ1) is 10.6. The van der Waals surface area contributed by atoms with E-state index in [2.05, 4.69) is 35.0 Å². The van der Waals surface area contributed by atoms with Crippen LogP contribution in [0.3, 0.4) is 0 Å². The maximum Gasteiger partial charge on any atom is 0.120 e. The fraction of sp³-hybridized carbons (Fsp3) is 0.333. The molecule has 0 rings (SSSR count). The summed E-state index contributed by atoms with van der Waals surface area (Å²) in [6.07, 6.45) is 11.6. The Morgan fingerprint density at radius 1 is 1.41 bits per heavy atom. The Labute approximate surface area is 132 Å². The predicted molar refractivity (Wildman–Crippen MR) is 94.9 cm³/mol. The summed E-state index contributed by atoms with van der Waals surface area (Å²) in [5.41, 5.74) is 17.7. The molecule has 0 bridgehead atoms. The molecule has 0 saturated heterocycles. The van der Waals surface area contributed by atoms with Crippen LogP contribution in [0, 0.1) is 0 Å². The summed E-state index contributed by atoms with van der Waals surface area (Å²) in [6, 6.07) is 0. The van der Waals surface area contributed by atoms with E-state index in [0.29, 0.717) is 18.2 Å². The Morgan fingerprint density at radius 2 is 2.14 bits per heavy atom. The van der Waals surface area contributed by atoms with Gasteiger partial charge in [0.15, 0.2) is 0 Å². The van der Waals surface area contributed by atoms with Gasteiger partial charge >= 0.3 is 0 Å². The van der Waals surface area contributed by atoms with Crippen LogP contribution in [0.15, 0.2) is 58.3 Å². The average molecular weight is 305 g/mol. The molecule has 0 aliphatic carbocycles. The minimum atomic E-state index is 0.245. The molecular formula is C15H27N7. The normalized spacial score (nSPS) is 13.9. The van der Waals surface area contributed by atoms with Gasteiger partial charge in [-0.3, -0.25) is 9.98 Å². The number of nitrogens with zero attached hydrogens (tertiary/aromatic N) is 3. The molecule has 0 radical (unpaired) electrons. The average Bonchev–Trinajstić information content (AvgIpc) is 2.48. The zero-order chi connectivity index (χ0) is 16.8. The van der Waals surface area contributed by atoms with E-state index >= 15 is 0 Å². The third-order valence-electron chi connectivity index (χ3n) is 2.42. The van der Waals surface area contributed by atoms with E-state index in [1.54, 1.807) is 6.20 Å². The maximum atomic E-state index is 5.69. The quantitative estimate of drug-likeness (QED) is 0.283. The van der Waals surface area contributed by atoms with Gasteiger partial charge in [-0.05, 0) is 18.7 Å². The van der Waals surface area contributed by atoms with Crippen LogP contribution in [-0.2, 0) is 0 Å². The van der Waals surface area contributed by atoms with Crippen molar-refractivity contribution >= 4 is 12.6 Å². The largest absolute Gasteiger partial charge is 0.403 e. The number of nitrogens with one attached hydrogen (secondary N) is 1. The third kappa shape index (κ3) is 9.38. The summed E-state index contributed by atoms with van der Waals surface area (Å²) in [5, 5.41) is 2.89. The summed E-state index contributed by atoms with van der Waals surface area (Å²) in [5.74, 6) is 0.919. The van der Waals surface area contributed by atoms with Gasteiger partial charge in [-0.2, -0.15) is 0 Å². The van der Waals surface area contributed by atoms with E-state index in [1.807, 2.05) is 24.2 Å². The summed E-state index contributed by atoms with van der Waals surface area (Å²) in [7, 11) is 1.89. The van der Waals surface area contributed by atoms with Crippen LogP contribution >= 0.6 is 0 Å². The molecule has 7 heteroatoms. The number of nitrogens with two attached hydrogens (primary N) is 3. The van der Waals surface area contributed by atoms with Gasteiger partial charge < -0.3 is 27.4 Å². The van der Waals surface area contributed by atoms with E-state index in [9.17, 15) is 0 Å². The molecule has 0 atom stereocenters. The van der Waals surface area contributed by atoms with Crippen LogP contribution in [0.4, 0.5) is 0 Å². The molecule has 0 aromatic rings. The highest BCUT2D eigenvalue weighted by atomic mass is 15.1. The lowest BCUT2D eigenvalue weighted by Gasteiger charge is -2.11. The molecule has 0 unspecified atom stereocenters. The van der Waals surface area contributed by atoms with Gasteiger partial charge in [0.2, 0.25) is 0 Å². The zero-order valence-electron chi connectivity index (χ0n) is 13.4. The predicted octanol–water partition coefficient (Wildman–Crippen LogP) is 0.603. The molecule has 7 N–H and O–H groups in total. The molecule has 0 aliphatic heterocycles. The van der Waals surface area contributed by atoms with Crippen LogP contribution in [0.5, 0.6) is 0 Å². The molecule has 0 aliphatic rings. The first kappa shape index (κ1) is 19.5. The van der Waals surface area contributed by atoms with Crippen LogP contribution in [0.2, 0.25) is 0 Å². The summed E-state index contributed by atoms with van der Waals surface area (Å²) >= 11 is 0. The van der Waals surface area contributed by atoms with Crippen molar-refractivity contribution in [2.75, 3.05) is 20.1 Å². The van der Waals surface area contributed by atoms with Crippen LogP contribution in [-0.4, -0.2) is 37.6 Å². The van der Waals surface area contributed by atoms with Gasteiger partial charge in [-0.25, -0.2) is 0 Å². The highest BCUT2D eigenvalue weighted by molar-refractivity contribution is 5.85. The Balaban J connectivity index is 5.03. The lowest BCUT2D eigenvalue weighted by atomic mass is 10.2. The molecule has 7 nitrogen and oxygen atoms in total. The lowest BCUT2D eigenvalue weighted by Crippen LogP contribution is -2.33. The van der Waals surface area contributed by atoms with Gasteiger partial charge in [0.25, 0.3) is 0 Å². The van der Waals surface area contributed by atoms with E-state index in [1.165, 1.54) is 12.4 Å². The van der Waals surface area contributed by atoms with Crippen molar-refractivity contribution in [3.05, 3.63) is 48.3 Å². The summed E-state index contributed by atoms with van der Waals surface area (Å²) < 4.78 is 0. The van der Waals surface area contributed by atoms with Crippen molar-refractivity contribution in [2.24, 2.45) is 27.2 Å². The number of allylic oxidation sites excluding steroid dienone is 1. The lowest BCUT2D eigenvalue weighted by molar-refractivity contribution is 0.618. The SMILES string of the molecule is C=N/C=C(/N)NC(CN)=NCC(/C=C\CC)=C/N(C)/C=C\N. The van der Waals surface area contributed by atoms with Crippen molar-refractivity contribution in [2.45, 2.75) is 13.3 Å². The first-order valence-electron chi connectivity index (χ1n) is 6.96. The van der Waals surface area contributed by atoms with E-state index in [-0.39, 0.29) is 6.54 Å². The Kier molecular flexibility index (Phi) is 10.8. The Bertz CT molecular complexity index is 472. The van der Waals surface area contributed by atoms with Gasteiger partial charge in [0.1, 0.15) is 11.7 Å². The maximum absolute atomic E-state index is 5.69. The molecule has 0 amide bonds. The van der Waals surface area contributed by atoms with Gasteiger partial charge in [-0.1, -0.05) is 19.1 Å².